The number of hydrogen-bond donors (Lipinski definition) is 1. The van der Waals surface area contributed by atoms with Crippen LogP contribution >= 0.6 is 34.8 Å². The number of anilines is 1. The number of carbonyl (C=O) groups excluding carboxylic acids is 1. The Bertz CT molecular complexity index is 687. The Kier molecular flexibility index (Phi) is 4.12. The van der Waals surface area contributed by atoms with Gasteiger partial charge in [-0.3, -0.25) is 4.79 Å². The zero-order valence-corrected chi connectivity index (χ0v) is 13.2. The molecule has 1 saturated carbocycles. The van der Waals surface area contributed by atoms with Gasteiger partial charge >= 0.3 is 0 Å². The molecule has 0 aliphatic heterocycles. The van der Waals surface area contributed by atoms with E-state index in [9.17, 15) is 4.79 Å². The normalized spacial score (nSPS) is 20.1. The van der Waals surface area contributed by atoms with E-state index in [1.807, 2.05) is 30.3 Å². The smallest absolute Gasteiger partial charge is 0.228 e. The van der Waals surface area contributed by atoms with Gasteiger partial charge in [-0.15, -0.1) is 0 Å². The van der Waals surface area contributed by atoms with Gasteiger partial charge in [0.25, 0.3) is 0 Å². The number of nitrogens with one attached hydrogen (secondary N) is 1. The Hall–Kier alpha value is -1.22. The Morgan fingerprint density at radius 1 is 1.00 bits per heavy atom. The van der Waals surface area contributed by atoms with Gasteiger partial charge < -0.3 is 5.32 Å². The highest BCUT2D eigenvalue weighted by Gasteiger charge is 2.43. The summed E-state index contributed by atoms with van der Waals surface area (Å²) in [5, 5.41) is 3.95. The Balaban J connectivity index is 1.70. The van der Waals surface area contributed by atoms with Crippen molar-refractivity contribution in [1.82, 2.24) is 0 Å². The predicted molar refractivity (Wildman–Crippen MR) is 87.4 cm³/mol. The molecule has 0 bridgehead atoms. The summed E-state index contributed by atoms with van der Waals surface area (Å²) in [6, 6.07) is 13.1. The minimum atomic E-state index is -0.0378. The maximum atomic E-state index is 12.3. The number of rotatable bonds is 3. The van der Waals surface area contributed by atoms with Crippen molar-refractivity contribution in [3.05, 3.63) is 63.1 Å². The molecule has 0 spiro atoms. The lowest BCUT2D eigenvalue weighted by atomic mass is 10.1. The molecule has 0 saturated heterocycles. The third kappa shape index (κ3) is 3.18. The van der Waals surface area contributed by atoms with Gasteiger partial charge in [0.1, 0.15) is 0 Å². The fraction of sp³-hybridized carbons (Fsp3) is 0.188. The second kappa shape index (κ2) is 5.88. The van der Waals surface area contributed by atoms with Crippen LogP contribution in [0.3, 0.4) is 0 Å². The highest BCUT2D eigenvalue weighted by atomic mass is 35.5. The molecule has 2 nitrogen and oxygen atoms in total. The van der Waals surface area contributed by atoms with Gasteiger partial charge in [0.05, 0.1) is 20.8 Å². The van der Waals surface area contributed by atoms with Gasteiger partial charge in [-0.05, 0) is 30.0 Å². The Morgan fingerprint density at radius 2 is 1.67 bits per heavy atom. The van der Waals surface area contributed by atoms with E-state index < -0.39 is 0 Å². The van der Waals surface area contributed by atoms with Crippen molar-refractivity contribution in [2.24, 2.45) is 5.92 Å². The summed E-state index contributed by atoms with van der Waals surface area (Å²) in [5.74, 6) is 0.231. The molecular formula is C16H12Cl3NO. The molecule has 0 unspecified atom stereocenters. The molecule has 1 amide bonds. The molecule has 2 atom stereocenters. The van der Waals surface area contributed by atoms with Crippen molar-refractivity contribution in [3.8, 4) is 0 Å². The third-order valence-electron chi connectivity index (χ3n) is 3.62. The molecule has 108 valence electrons. The maximum absolute atomic E-state index is 12.3. The van der Waals surface area contributed by atoms with Crippen LogP contribution in [0.1, 0.15) is 17.9 Å². The molecule has 1 N–H and O–H groups in total. The highest BCUT2D eigenvalue weighted by Crippen LogP contribution is 2.48. The minimum Gasteiger partial charge on any atom is -0.324 e. The Morgan fingerprint density at radius 3 is 2.38 bits per heavy atom. The fourth-order valence-electron chi connectivity index (χ4n) is 2.40. The molecule has 0 aromatic heterocycles. The van der Waals surface area contributed by atoms with Crippen LogP contribution in [-0.4, -0.2) is 5.91 Å². The summed E-state index contributed by atoms with van der Waals surface area (Å²) >= 11 is 17.9. The van der Waals surface area contributed by atoms with E-state index in [1.54, 1.807) is 6.07 Å². The van der Waals surface area contributed by atoms with E-state index in [0.29, 0.717) is 20.8 Å². The second-order valence-electron chi connectivity index (χ2n) is 5.09. The summed E-state index contributed by atoms with van der Waals surface area (Å²) in [6.07, 6.45) is 0.856. The molecule has 5 heteroatoms. The maximum Gasteiger partial charge on any atom is 0.228 e. The lowest BCUT2D eigenvalue weighted by molar-refractivity contribution is -0.117. The first-order chi connectivity index (χ1) is 10.1. The number of amides is 1. The third-order valence-corrected chi connectivity index (χ3v) is 4.66. The van der Waals surface area contributed by atoms with Crippen LogP contribution in [0.25, 0.3) is 0 Å². The van der Waals surface area contributed by atoms with E-state index >= 15 is 0 Å². The standard InChI is InChI=1S/C16H12Cl3NO/c17-12-7-14(19)15(8-13(12)18)20-16(21)11-6-10(11)9-4-2-1-3-5-9/h1-5,7-8,10-11H,6H2,(H,20,21)/t10-,11-/m1/s1. The quantitative estimate of drug-likeness (QED) is 0.746. The van der Waals surface area contributed by atoms with Crippen molar-refractivity contribution in [2.75, 3.05) is 5.32 Å². The summed E-state index contributed by atoms with van der Waals surface area (Å²) in [6.45, 7) is 0. The molecule has 0 radical (unpaired) electrons. The van der Waals surface area contributed by atoms with Crippen LogP contribution in [0, 0.1) is 5.92 Å². The molecule has 1 aliphatic rings. The fourth-order valence-corrected chi connectivity index (χ4v) is 2.99. The zero-order valence-electron chi connectivity index (χ0n) is 10.9. The minimum absolute atomic E-state index is 0.0158. The van der Waals surface area contributed by atoms with Gasteiger partial charge in [0.2, 0.25) is 5.91 Å². The first-order valence-electron chi connectivity index (χ1n) is 6.56. The molecule has 2 aromatic carbocycles. The molecule has 0 heterocycles. The average molecular weight is 341 g/mol. The van der Waals surface area contributed by atoms with Crippen molar-refractivity contribution in [2.45, 2.75) is 12.3 Å². The topological polar surface area (TPSA) is 29.1 Å². The monoisotopic (exact) mass is 339 g/mol. The molecule has 1 aliphatic carbocycles. The van der Waals surface area contributed by atoms with Crippen molar-refractivity contribution >= 4 is 46.4 Å². The van der Waals surface area contributed by atoms with E-state index in [1.165, 1.54) is 11.6 Å². The predicted octanol–water partition coefficient (Wildman–Crippen LogP) is 5.39. The highest BCUT2D eigenvalue weighted by molar-refractivity contribution is 6.44. The van der Waals surface area contributed by atoms with Crippen LogP contribution < -0.4 is 5.32 Å². The number of hydrogen-bond acceptors (Lipinski definition) is 1. The van der Waals surface area contributed by atoms with Gasteiger partial charge in [-0.25, -0.2) is 0 Å². The number of benzene rings is 2. The van der Waals surface area contributed by atoms with Gasteiger partial charge in [0, 0.05) is 5.92 Å². The number of carbonyl (C=O) groups is 1. The lowest BCUT2D eigenvalue weighted by Gasteiger charge is -2.08. The molecular weight excluding hydrogens is 329 g/mol. The van der Waals surface area contributed by atoms with Crippen LogP contribution in [0.5, 0.6) is 0 Å². The molecule has 3 rings (SSSR count). The summed E-state index contributed by atoms with van der Waals surface area (Å²) in [7, 11) is 0. The first-order valence-corrected chi connectivity index (χ1v) is 7.70. The van der Waals surface area contributed by atoms with Gasteiger partial charge in [0.15, 0.2) is 0 Å². The van der Waals surface area contributed by atoms with Crippen molar-refractivity contribution < 1.29 is 4.79 Å². The van der Waals surface area contributed by atoms with Crippen LogP contribution in [0.2, 0.25) is 15.1 Å². The largest absolute Gasteiger partial charge is 0.324 e. The summed E-state index contributed by atoms with van der Waals surface area (Å²) < 4.78 is 0. The lowest BCUT2D eigenvalue weighted by Crippen LogP contribution is -2.14. The molecule has 21 heavy (non-hydrogen) atoms. The van der Waals surface area contributed by atoms with Crippen LogP contribution in [0.15, 0.2) is 42.5 Å². The summed E-state index contributed by atoms with van der Waals surface area (Å²) in [4.78, 5) is 12.3. The average Bonchev–Trinajstić information content (AvgIpc) is 3.26. The van der Waals surface area contributed by atoms with Gasteiger partial charge in [-0.1, -0.05) is 65.1 Å². The SMILES string of the molecule is O=C(Nc1cc(Cl)c(Cl)cc1Cl)[C@@H]1C[C@@H]1c1ccccc1. The van der Waals surface area contributed by atoms with Crippen LogP contribution in [-0.2, 0) is 4.79 Å². The first kappa shape index (κ1) is 14.7. The van der Waals surface area contributed by atoms with E-state index in [2.05, 4.69) is 5.32 Å². The Labute approximate surface area is 138 Å². The van der Waals surface area contributed by atoms with Crippen LogP contribution in [0.4, 0.5) is 5.69 Å². The zero-order chi connectivity index (χ0) is 15.0. The van der Waals surface area contributed by atoms with E-state index in [0.717, 1.165) is 6.42 Å². The van der Waals surface area contributed by atoms with E-state index in [-0.39, 0.29) is 17.7 Å². The number of halogens is 3. The van der Waals surface area contributed by atoms with Crippen molar-refractivity contribution in [1.29, 1.82) is 0 Å². The summed E-state index contributed by atoms with van der Waals surface area (Å²) in [5.41, 5.74) is 1.69. The second-order valence-corrected chi connectivity index (χ2v) is 6.32. The van der Waals surface area contributed by atoms with Gasteiger partial charge in [-0.2, -0.15) is 0 Å². The van der Waals surface area contributed by atoms with Crippen molar-refractivity contribution in [3.63, 3.8) is 0 Å². The van der Waals surface area contributed by atoms with E-state index in [4.69, 9.17) is 34.8 Å². The molecule has 1 fully saturated rings. The molecule has 2 aromatic rings.